The van der Waals surface area contributed by atoms with Crippen LogP contribution in [0.25, 0.3) is 0 Å². The Hall–Kier alpha value is -0.240. The fraction of sp³-hybridized carbons (Fsp3) is 1.00. The van der Waals surface area contributed by atoms with Gasteiger partial charge in [-0.05, 0) is 0 Å². The van der Waals surface area contributed by atoms with E-state index < -0.39 is 37.3 Å². The van der Waals surface area contributed by atoms with Gasteiger partial charge in [-0.15, -0.1) is 0 Å². The van der Waals surface area contributed by atoms with Crippen LogP contribution in [0.5, 0.6) is 0 Å². The second-order valence-electron chi connectivity index (χ2n) is 2.72. The summed E-state index contributed by atoms with van der Waals surface area (Å²) in [6.07, 6.45) is -7.04. The standard InChI is InChI=1S/C6H12O6.CH4/c7-1-2-3(8)4(9)5(10)6(11)12-2;/h2-11H,1H2;1H4/t2-,3-,4+,5-,6?;/m1./s1. The highest BCUT2D eigenvalue weighted by molar-refractivity contribution is 4.87. The number of aliphatic hydroxyl groups is 5. The zero-order valence-corrected chi connectivity index (χ0v) is 6.24. The minimum Gasteiger partial charge on any atom is -0.394 e. The molecule has 6 heteroatoms. The van der Waals surface area contributed by atoms with E-state index in [2.05, 4.69) is 4.74 Å². The van der Waals surface area contributed by atoms with E-state index >= 15 is 0 Å². The summed E-state index contributed by atoms with van der Waals surface area (Å²) in [7, 11) is 0. The third-order valence-electron chi connectivity index (χ3n) is 1.87. The molecule has 1 rings (SSSR count). The van der Waals surface area contributed by atoms with Gasteiger partial charge in [-0.25, -0.2) is 0 Å². The van der Waals surface area contributed by atoms with Gasteiger partial charge in [0, 0.05) is 0 Å². The van der Waals surface area contributed by atoms with Crippen molar-refractivity contribution in [3.63, 3.8) is 0 Å². The quantitative estimate of drug-likeness (QED) is 0.315. The molecule has 1 aliphatic rings. The molecule has 0 bridgehead atoms. The highest BCUT2D eigenvalue weighted by Crippen LogP contribution is 2.18. The van der Waals surface area contributed by atoms with Crippen LogP contribution >= 0.6 is 0 Å². The molecule has 0 aromatic heterocycles. The summed E-state index contributed by atoms with van der Waals surface area (Å²) in [4.78, 5) is 0. The molecule has 1 fully saturated rings. The largest absolute Gasteiger partial charge is 0.394 e. The molecule has 6 nitrogen and oxygen atoms in total. The lowest BCUT2D eigenvalue weighted by molar-refractivity contribution is -0.286. The summed E-state index contributed by atoms with van der Waals surface area (Å²) in [6.45, 7) is -0.526. The third kappa shape index (κ3) is 2.37. The fourth-order valence-corrected chi connectivity index (χ4v) is 1.08. The van der Waals surface area contributed by atoms with Gasteiger partial charge in [0.15, 0.2) is 6.29 Å². The van der Waals surface area contributed by atoms with Crippen molar-refractivity contribution in [1.29, 1.82) is 0 Å². The van der Waals surface area contributed by atoms with E-state index in [0.29, 0.717) is 0 Å². The van der Waals surface area contributed by atoms with Crippen LogP contribution in [0, 0.1) is 0 Å². The van der Waals surface area contributed by atoms with E-state index in [-0.39, 0.29) is 7.43 Å². The monoisotopic (exact) mass is 196 g/mol. The topological polar surface area (TPSA) is 110 Å². The van der Waals surface area contributed by atoms with E-state index in [1.807, 2.05) is 0 Å². The van der Waals surface area contributed by atoms with Gasteiger partial charge in [-0.3, -0.25) is 0 Å². The Morgan fingerprint density at radius 1 is 0.923 bits per heavy atom. The second kappa shape index (κ2) is 4.85. The predicted molar refractivity (Wildman–Crippen MR) is 42.7 cm³/mol. The van der Waals surface area contributed by atoms with Gasteiger partial charge in [0.05, 0.1) is 6.61 Å². The second-order valence-corrected chi connectivity index (χ2v) is 2.72. The zero-order chi connectivity index (χ0) is 9.30. The molecule has 5 atom stereocenters. The van der Waals surface area contributed by atoms with Crippen LogP contribution in [0.2, 0.25) is 0 Å². The lowest BCUT2D eigenvalue weighted by Gasteiger charge is -2.37. The Morgan fingerprint density at radius 2 is 1.46 bits per heavy atom. The van der Waals surface area contributed by atoms with Gasteiger partial charge in [0.2, 0.25) is 0 Å². The minimum atomic E-state index is -1.57. The van der Waals surface area contributed by atoms with Gasteiger partial charge in [-0.1, -0.05) is 7.43 Å². The van der Waals surface area contributed by atoms with E-state index in [4.69, 9.17) is 25.5 Å². The highest BCUT2D eigenvalue weighted by atomic mass is 16.6. The van der Waals surface area contributed by atoms with Crippen LogP contribution in [0.3, 0.4) is 0 Å². The highest BCUT2D eigenvalue weighted by Gasteiger charge is 2.42. The first-order chi connectivity index (χ1) is 5.57. The Kier molecular flexibility index (Phi) is 4.76. The van der Waals surface area contributed by atoms with Crippen molar-refractivity contribution < 1.29 is 30.3 Å². The molecule has 0 saturated carbocycles. The molecular weight excluding hydrogens is 180 g/mol. The van der Waals surface area contributed by atoms with E-state index in [1.54, 1.807) is 0 Å². The minimum absolute atomic E-state index is 0. The number of hydrogen-bond donors (Lipinski definition) is 5. The van der Waals surface area contributed by atoms with Crippen molar-refractivity contribution in [2.45, 2.75) is 38.1 Å². The first kappa shape index (κ1) is 12.8. The van der Waals surface area contributed by atoms with Crippen LogP contribution in [0.1, 0.15) is 7.43 Å². The first-order valence-corrected chi connectivity index (χ1v) is 3.56. The Balaban J connectivity index is 0.00000144. The maximum absolute atomic E-state index is 9.12. The average Bonchev–Trinajstić information content (AvgIpc) is 2.08. The molecule has 0 amide bonds. The van der Waals surface area contributed by atoms with Gasteiger partial charge >= 0.3 is 0 Å². The van der Waals surface area contributed by atoms with Crippen LogP contribution in [-0.4, -0.2) is 62.8 Å². The van der Waals surface area contributed by atoms with Crippen LogP contribution in [0.4, 0.5) is 0 Å². The maximum Gasteiger partial charge on any atom is 0.184 e. The molecule has 1 unspecified atom stereocenters. The third-order valence-corrected chi connectivity index (χ3v) is 1.87. The van der Waals surface area contributed by atoms with Crippen LogP contribution in [0.15, 0.2) is 0 Å². The van der Waals surface area contributed by atoms with Crippen molar-refractivity contribution >= 4 is 0 Å². The van der Waals surface area contributed by atoms with Gasteiger partial charge in [0.25, 0.3) is 0 Å². The molecule has 0 aromatic rings. The van der Waals surface area contributed by atoms with E-state index in [0.717, 1.165) is 0 Å². The number of rotatable bonds is 1. The molecule has 0 aromatic carbocycles. The lowest BCUT2D eigenvalue weighted by atomic mass is 10.00. The molecule has 13 heavy (non-hydrogen) atoms. The zero-order valence-electron chi connectivity index (χ0n) is 6.24. The Morgan fingerprint density at radius 3 is 1.92 bits per heavy atom. The fourth-order valence-electron chi connectivity index (χ4n) is 1.08. The van der Waals surface area contributed by atoms with Crippen molar-refractivity contribution in [2.75, 3.05) is 6.61 Å². The summed E-state index contributed by atoms with van der Waals surface area (Å²) in [5, 5.41) is 44.7. The van der Waals surface area contributed by atoms with Crippen molar-refractivity contribution in [1.82, 2.24) is 0 Å². The summed E-state index contributed by atoms with van der Waals surface area (Å²) in [5.74, 6) is 0. The van der Waals surface area contributed by atoms with E-state index in [1.165, 1.54) is 0 Å². The van der Waals surface area contributed by atoms with Crippen molar-refractivity contribution in [3.05, 3.63) is 0 Å². The predicted octanol–water partition coefficient (Wildman–Crippen LogP) is -2.59. The lowest BCUT2D eigenvalue weighted by Crippen LogP contribution is -2.58. The smallest absolute Gasteiger partial charge is 0.184 e. The SMILES string of the molecule is C.OC[C@H]1OC(O)[C@H](O)[C@@H](O)[C@@H]1O. The first-order valence-electron chi connectivity index (χ1n) is 3.56. The molecular formula is C7H16O6. The number of ether oxygens (including phenoxy) is 1. The summed E-state index contributed by atoms with van der Waals surface area (Å²) < 4.78 is 4.58. The number of hydrogen-bond acceptors (Lipinski definition) is 6. The van der Waals surface area contributed by atoms with E-state index in [9.17, 15) is 0 Å². The average molecular weight is 196 g/mol. The molecule has 1 aliphatic heterocycles. The van der Waals surface area contributed by atoms with Crippen LogP contribution < -0.4 is 0 Å². The molecule has 1 saturated heterocycles. The summed E-state index contributed by atoms with van der Waals surface area (Å²) in [5.41, 5.74) is 0. The van der Waals surface area contributed by atoms with Crippen molar-refractivity contribution in [2.24, 2.45) is 0 Å². The molecule has 0 spiro atoms. The van der Waals surface area contributed by atoms with Gasteiger partial charge in [0.1, 0.15) is 24.4 Å². The Bertz CT molecular complexity index is 147. The molecule has 80 valence electrons. The number of aliphatic hydroxyl groups excluding tert-OH is 5. The summed E-state index contributed by atoms with van der Waals surface area (Å²) in [6, 6.07) is 0. The van der Waals surface area contributed by atoms with Gasteiger partial charge in [-0.2, -0.15) is 0 Å². The molecule has 0 aliphatic carbocycles. The normalized spacial score (nSPS) is 45.5. The molecule has 0 radical (unpaired) electrons. The summed E-state index contributed by atoms with van der Waals surface area (Å²) >= 11 is 0. The van der Waals surface area contributed by atoms with Gasteiger partial charge < -0.3 is 30.3 Å². The molecule has 5 N–H and O–H groups in total. The van der Waals surface area contributed by atoms with Crippen molar-refractivity contribution in [3.8, 4) is 0 Å². The molecule has 1 heterocycles. The maximum atomic E-state index is 9.12. The van der Waals surface area contributed by atoms with Crippen LogP contribution in [-0.2, 0) is 4.74 Å². The Labute approximate surface area is 76.0 Å².